The van der Waals surface area contributed by atoms with Crippen molar-refractivity contribution in [3.8, 4) is 5.75 Å². The standard InChI is InChI=1S/C12H12F5NO/c1-19-9-3-2-7(12(15,16)17)4-8(9)10(6-18)5-11(10,13)14/h2-4H,5-6,18H2,1H3. The molecule has 2 N–H and O–H groups in total. The molecule has 0 amide bonds. The molecule has 0 spiro atoms. The molecule has 2 rings (SSSR count). The molecule has 106 valence electrons. The summed E-state index contributed by atoms with van der Waals surface area (Å²) in [5, 5.41) is 0. The lowest BCUT2D eigenvalue weighted by atomic mass is 9.92. The highest BCUT2D eigenvalue weighted by Gasteiger charge is 2.72. The summed E-state index contributed by atoms with van der Waals surface area (Å²) in [6, 6.07) is 2.55. The minimum absolute atomic E-state index is 0.00405. The molecule has 0 aromatic heterocycles. The molecular weight excluding hydrogens is 269 g/mol. The van der Waals surface area contributed by atoms with Crippen LogP contribution in [0.2, 0.25) is 0 Å². The highest BCUT2D eigenvalue weighted by atomic mass is 19.4. The van der Waals surface area contributed by atoms with E-state index in [9.17, 15) is 22.0 Å². The second-order valence-electron chi connectivity index (χ2n) is 4.58. The van der Waals surface area contributed by atoms with E-state index in [2.05, 4.69) is 0 Å². The summed E-state index contributed by atoms with van der Waals surface area (Å²) in [5.41, 5.74) is 2.42. The summed E-state index contributed by atoms with van der Waals surface area (Å²) in [5.74, 6) is -3.10. The highest BCUT2D eigenvalue weighted by Crippen LogP contribution is 2.62. The van der Waals surface area contributed by atoms with Crippen molar-refractivity contribution in [2.75, 3.05) is 13.7 Å². The van der Waals surface area contributed by atoms with Crippen molar-refractivity contribution in [1.29, 1.82) is 0 Å². The molecule has 1 aromatic carbocycles. The first-order valence-electron chi connectivity index (χ1n) is 5.51. The van der Waals surface area contributed by atoms with Gasteiger partial charge >= 0.3 is 6.18 Å². The number of hydrogen-bond donors (Lipinski definition) is 1. The summed E-state index contributed by atoms with van der Waals surface area (Å²) < 4.78 is 69.8. The smallest absolute Gasteiger partial charge is 0.416 e. The fraction of sp³-hybridized carbons (Fsp3) is 0.500. The summed E-state index contributed by atoms with van der Waals surface area (Å²) in [6.07, 6.45) is -5.16. The van der Waals surface area contributed by atoms with E-state index in [1.807, 2.05) is 0 Å². The molecule has 0 bridgehead atoms. The topological polar surface area (TPSA) is 35.2 Å². The van der Waals surface area contributed by atoms with Crippen LogP contribution >= 0.6 is 0 Å². The number of nitrogens with two attached hydrogens (primary N) is 1. The summed E-state index contributed by atoms with van der Waals surface area (Å²) in [7, 11) is 1.22. The van der Waals surface area contributed by atoms with Crippen LogP contribution in [0.5, 0.6) is 5.75 Å². The molecule has 0 saturated heterocycles. The van der Waals surface area contributed by atoms with Crippen LogP contribution in [0.15, 0.2) is 18.2 Å². The van der Waals surface area contributed by atoms with Crippen molar-refractivity contribution in [3.63, 3.8) is 0 Å². The van der Waals surface area contributed by atoms with Gasteiger partial charge in [0.05, 0.1) is 18.1 Å². The van der Waals surface area contributed by atoms with Gasteiger partial charge in [0.15, 0.2) is 0 Å². The van der Waals surface area contributed by atoms with Gasteiger partial charge in [-0.25, -0.2) is 8.78 Å². The lowest BCUT2D eigenvalue weighted by molar-refractivity contribution is -0.137. The second kappa shape index (κ2) is 4.06. The van der Waals surface area contributed by atoms with Crippen LogP contribution in [0, 0.1) is 0 Å². The maximum atomic E-state index is 13.5. The van der Waals surface area contributed by atoms with E-state index in [4.69, 9.17) is 10.5 Å². The van der Waals surface area contributed by atoms with Crippen LogP contribution in [-0.4, -0.2) is 19.6 Å². The predicted molar refractivity (Wildman–Crippen MR) is 58.3 cm³/mol. The molecule has 1 aliphatic carbocycles. The summed E-state index contributed by atoms with van der Waals surface area (Å²) >= 11 is 0. The Morgan fingerprint density at radius 1 is 1.32 bits per heavy atom. The zero-order valence-electron chi connectivity index (χ0n) is 10.0. The van der Waals surface area contributed by atoms with Gasteiger partial charge in [0.25, 0.3) is 5.92 Å². The minimum atomic E-state index is -4.60. The predicted octanol–water partition coefficient (Wildman–Crippen LogP) is 2.95. The number of alkyl halides is 5. The van der Waals surface area contributed by atoms with Crippen LogP contribution in [0.4, 0.5) is 22.0 Å². The number of rotatable bonds is 3. The van der Waals surface area contributed by atoms with Gasteiger partial charge in [-0.1, -0.05) is 0 Å². The van der Waals surface area contributed by atoms with Crippen molar-refractivity contribution in [3.05, 3.63) is 29.3 Å². The van der Waals surface area contributed by atoms with E-state index in [0.717, 1.165) is 12.1 Å². The van der Waals surface area contributed by atoms with E-state index >= 15 is 0 Å². The normalized spacial score (nSPS) is 25.2. The Labute approximate surface area is 106 Å². The largest absolute Gasteiger partial charge is 0.496 e. The maximum Gasteiger partial charge on any atom is 0.416 e. The van der Waals surface area contributed by atoms with Gasteiger partial charge < -0.3 is 10.5 Å². The molecule has 19 heavy (non-hydrogen) atoms. The molecule has 0 aliphatic heterocycles. The Hall–Kier alpha value is -1.37. The third-order valence-electron chi connectivity index (χ3n) is 3.49. The number of ether oxygens (including phenoxy) is 1. The van der Waals surface area contributed by atoms with Gasteiger partial charge in [0, 0.05) is 18.5 Å². The highest BCUT2D eigenvalue weighted by molar-refractivity contribution is 5.50. The Morgan fingerprint density at radius 2 is 1.89 bits per heavy atom. The van der Waals surface area contributed by atoms with Crippen LogP contribution in [0.25, 0.3) is 0 Å². The van der Waals surface area contributed by atoms with E-state index in [1.54, 1.807) is 0 Å². The Balaban J connectivity index is 2.56. The van der Waals surface area contributed by atoms with Crippen molar-refractivity contribution in [2.45, 2.75) is 23.9 Å². The van der Waals surface area contributed by atoms with Gasteiger partial charge in [-0.05, 0) is 18.2 Å². The molecular formula is C12H12F5NO. The molecule has 2 nitrogen and oxygen atoms in total. The number of methoxy groups -OCH3 is 1. The van der Waals surface area contributed by atoms with Crippen molar-refractivity contribution in [2.24, 2.45) is 5.73 Å². The van der Waals surface area contributed by atoms with Gasteiger partial charge in [-0.15, -0.1) is 0 Å². The van der Waals surface area contributed by atoms with E-state index in [1.165, 1.54) is 7.11 Å². The first-order chi connectivity index (χ1) is 8.68. The monoisotopic (exact) mass is 281 g/mol. The molecule has 7 heteroatoms. The average Bonchev–Trinajstić information content (AvgIpc) is 2.91. The van der Waals surface area contributed by atoms with Gasteiger partial charge in [-0.3, -0.25) is 0 Å². The van der Waals surface area contributed by atoms with Gasteiger partial charge in [-0.2, -0.15) is 13.2 Å². The molecule has 1 atom stereocenters. The van der Waals surface area contributed by atoms with Crippen molar-refractivity contribution in [1.82, 2.24) is 0 Å². The zero-order chi connectivity index (χ0) is 14.5. The van der Waals surface area contributed by atoms with E-state index < -0.39 is 36.0 Å². The molecule has 1 aliphatic rings. The molecule has 0 heterocycles. The fourth-order valence-corrected chi connectivity index (χ4v) is 2.22. The third-order valence-corrected chi connectivity index (χ3v) is 3.49. The Morgan fingerprint density at radius 3 is 2.26 bits per heavy atom. The fourth-order valence-electron chi connectivity index (χ4n) is 2.22. The van der Waals surface area contributed by atoms with Crippen molar-refractivity contribution >= 4 is 0 Å². The van der Waals surface area contributed by atoms with Crippen LogP contribution in [0.3, 0.4) is 0 Å². The quantitative estimate of drug-likeness (QED) is 0.865. The first kappa shape index (κ1) is 14.0. The van der Waals surface area contributed by atoms with E-state index in [-0.39, 0.29) is 11.3 Å². The van der Waals surface area contributed by atoms with Gasteiger partial charge in [0.1, 0.15) is 5.75 Å². The lowest BCUT2D eigenvalue weighted by Crippen LogP contribution is -2.27. The molecule has 1 aromatic rings. The third kappa shape index (κ3) is 2.05. The zero-order valence-corrected chi connectivity index (χ0v) is 10.0. The number of benzene rings is 1. The summed E-state index contributed by atoms with van der Waals surface area (Å²) in [6.45, 7) is -0.433. The molecule has 0 radical (unpaired) electrons. The number of hydrogen-bond acceptors (Lipinski definition) is 2. The van der Waals surface area contributed by atoms with Gasteiger partial charge in [0.2, 0.25) is 0 Å². The first-order valence-corrected chi connectivity index (χ1v) is 5.51. The van der Waals surface area contributed by atoms with Crippen LogP contribution < -0.4 is 10.5 Å². The molecule has 1 fully saturated rings. The SMILES string of the molecule is COc1ccc(C(F)(F)F)cc1C1(CN)CC1(F)F. The second-order valence-corrected chi connectivity index (χ2v) is 4.58. The van der Waals surface area contributed by atoms with Crippen LogP contribution in [-0.2, 0) is 11.6 Å². The summed E-state index contributed by atoms with van der Waals surface area (Å²) in [4.78, 5) is 0. The average molecular weight is 281 g/mol. The minimum Gasteiger partial charge on any atom is -0.496 e. The molecule has 1 unspecified atom stereocenters. The van der Waals surface area contributed by atoms with E-state index in [0.29, 0.717) is 6.07 Å². The molecule has 1 saturated carbocycles. The maximum absolute atomic E-state index is 13.5. The lowest BCUT2D eigenvalue weighted by Gasteiger charge is -2.19. The van der Waals surface area contributed by atoms with Crippen molar-refractivity contribution < 1.29 is 26.7 Å². The Bertz CT molecular complexity index is 499. The Kier molecular flexibility index (Phi) is 3.00. The number of halogens is 5. The van der Waals surface area contributed by atoms with Crippen LogP contribution in [0.1, 0.15) is 17.5 Å².